The first kappa shape index (κ1) is 13.4. The van der Waals surface area contributed by atoms with Gasteiger partial charge in [0.05, 0.1) is 0 Å². The third-order valence-corrected chi connectivity index (χ3v) is 4.35. The van der Waals surface area contributed by atoms with E-state index in [-0.39, 0.29) is 11.7 Å². The number of amidine groups is 1. The third kappa shape index (κ3) is 3.23. The molecule has 2 rings (SSSR count). The summed E-state index contributed by atoms with van der Waals surface area (Å²) in [6.07, 6.45) is 0. The van der Waals surface area contributed by atoms with Crippen LogP contribution in [0.1, 0.15) is 18.1 Å². The van der Waals surface area contributed by atoms with Gasteiger partial charge in [-0.1, -0.05) is 0 Å². The standard InChI is InChI=1S/C13H18FN3S/c1-9-8-18-3-2-17(9)7-10-4-11(13(15)16)6-12(14)5-10/h4-6,9H,2-3,7-8H2,1H3,(H3,15,16). The van der Waals surface area contributed by atoms with E-state index in [0.717, 1.165) is 30.2 Å². The summed E-state index contributed by atoms with van der Waals surface area (Å²) in [5.74, 6) is 1.84. The monoisotopic (exact) mass is 267 g/mol. The average Bonchev–Trinajstić information content (AvgIpc) is 2.31. The quantitative estimate of drug-likeness (QED) is 0.651. The molecule has 1 unspecified atom stereocenters. The van der Waals surface area contributed by atoms with Gasteiger partial charge in [-0.05, 0) is 30.7 Å². The highest BCUT2D eigenvalue weighted by molar-refractivity contribution is 7.99. The predicted octanol–water partition coefficient (Wildman–Crippen LogP) is 2.05. The molecule has 0 spiro atoms. The lowest BCUT2D eigenvalue weighted by molar-refractivity contribution is 0.223. The third-order valence-electron chi connectivity index (χ3n) is 3.16. The number of nitrogens with one attached hydrogen (secondary N) is 1. The second-order valence-electron chi connectivity index (χ2n) is 4.66. The van der Waals surface area contributed by atoms with Crippen LogP contribution in [-0.2, 0) is 6.54 Å². The topological polar surface area (TPSA) is 53.1 Å². The van der Waals surface area contributed by atoms with E-state index >= 15 is 0 Å². The van der Waals surface area contributed by atoms with Crippen LogP contribution in [0.5, 0.6) is 0 Å². The Morgan fingerprint density at radius 1 is 1.56 bits per heavy atom. The summed E-state index contributed by atoms with van der Waals surface area (Å²) in [6, 6.07) is 5.15. The van der Waals surface area contributed by atoms with Crippen molar-refractivity contribution in [1.29, 1.82) is 5.41 Å². The summed E-state index contributed by atoms with van der Waals surface area (Å²) in [5, 5.41) is 7.38. The maximum atomic E-state index is 13.5. The smallest absolute Gasteiger partial charge is 0.124 e. The van der Waals surface area contributed by atoms with Crippen molar-refractivity contribution in [3.63, 3.8) is 0 Å². The number of halogens is 1. The summed E-state index contributed by atoms with van der Waals surface area (Å²) in [6.45, 7) is 3.94. The van der Waals surface area contributed by atoms with Crippen LogP contribution in [0.4, 0.5) is 4.39 Å². The van der Waals surface area contributed by atoms with E-state index in [0.29, 0.717) is 11.6 Å². The lowest BCUT2D eigenvalue weighted by Gasteiger charge is -2.33. The number of nitrogens with zero attached hydrogens (tertiary/aromatic N) is 1. The van der Waals surface area contributed by atoms with Crippen molar-refractivity contribution in [2.45, 2.75) is 19.5 Å². The van der Waals surface area contributed by atoms with Gasteiger partial charge in [0, 0.05) is 36.2 Å². The van der Waals surface area contributed by atoms with Crippen molar-refractivity contribution in [2.75, 3.05) is 18.1 Å². The van der Waals surface area contributed by atoms with E-state index < -0.39 is 0 Å². The SMILES string of the molecule is CC1CSCCN1Cc1cc(F)cc(C(=N)N)c1. The Kier molecular flexibility index (Phi) is 4.24. The molecule has 1 heterocycles. The summed E-state index contributed by atoms with van der Waals surface area (Å²) in [4.78, 5) is 2.34. The van der Waals surface area contributed by atoms with Gasteiger partial charge in [-0.15, -0.1) is 0 Å². The molecule has 0 saturated carbocycles. The Bertz CT molecular complexity index is 450. The Hall–Kier alpha value is -1.07. The van der Waals surface area contributed by atoms with Gasteiger partial charge in [-0.25, -0.2) is 4.39 Å². The summed E-state index contributed by atoms with van der Waals surface area (Å²) in [5.41, 5.74) is 6.76. The normalized spacial score (nSPS) is 20.9. The minimum absolute atomic E-state index is 0.0852. The van der Waals surface area contributed by atoms with E-state index in [1.54, 1.807) is 6.07 Å². The molecule has 0 aromatic heterocycles. The zero-order valence-corrected chi connectivity index (χ0v) is 11.3. The van der Waals surface area contributed by atoms with Gasteiger partial charge in [-0.3, -0.25) is 10.3 Å². The molecule has 1 aromatic carbocycles. The molecule has 18 heavy (non-hydrogen) atoms. The molecule has 3 N–H and O–H groups in total. The van der Waals surface area contributed by atoms with E-state index in [1.165, 1.54) is 12.1 Å². The Morgan fingerprint density at radius 3 is 3.00 bits per heavy atom. The Morgan fingerprint density at radius 2 is 2.33 bits per heavy atom. The molecule has 0 bridgehead atoms. The van der Waals surface area contributed by atoms with Crippen LogP contribution in [-0.4, -0.2) is 34.8 Å². The van der Waals surface area contributed by atoms with Crippen LogP contribution >= 0.6 is 11.8 Å². The molecule has 3 nitrogen and oxygen atoms in total. The number of thioether (sulfide) groups is 1. The molecule has 1 saturated heterocycles. The minimum atomic E-state index is -0.322. The van der Waals surface area contributed by atoms with Gasteiger partial charge in [0.2, 0.25) is 0 Å². The summed E-state index contributed by atoms with van der Waals surface area (Å²) >= 11 is 1.96. The molecule has 1 aliphatic heterocycles. The van der Waals surface area contributed by atoms with Crippen LogP contribution in [0.3, 0.4) is 0 Å². The number of rotatable bonds is 3. The fourth-order valence-electron chi connectivity index (χ4n) is 2.13. The second-order valence-corrected chi connectivity index (χ2v) is 5.81. The lowest BCUT2D eigenvalue weighted by atomic mass is 10.1. The van der Waals surface area contributed by atoms with E-state index in [1.807, 2.05) is 11.8 Å². The molecule has 1 atom stereocenters. The number of nitrogen functional groups attached to an aromatic ring is 1. The minimum Gasteiger partial charge on any atom is -0.384 e. The first-order valence-electron chi connectivity index (χ1n) is 6.02. The molecule has 5 heteroatoms. The zero-order valence-electron chi connectivity index (χ0n) is 10.4. The number of hydrogen-bond donors (Lipinski definition) is 2. The van der Waals surface area contributed by atoms with E-state index in [9.17, 15) is 4.39 Å². The maximum Gasteiger partial charge on any atom is 0.124 e. The Labute approximate surface area is 111 Å². The first-order chi connectivity index (χ1) is 8.56. The van der Waals surface area contributed by atoms with Gasteiger partial charge in [0.15, 0.2) is 0 Å². The second kappa shape index (κ2) is 5.71. The lowest BCUT2D eigenvalue weighted by Crippen LogP contribution is -2.39. The highest BCUT2D eigenvalue weighted by atomic mass is 32.2. The molecule has 98 valence electrons. The van der Waals surface area contributed by atoms with Gasteiger partial charge in [0.1, 0.15) is 11.7 Å². The van der Waals surface area contributed by atoms with Crippen LogP contribution in [0.15, 0.2) is 18.2 Å². The highest BCUT2D eigenvalue weighted by Gasteiger charge is 2.19. The van der Waals surface area contributed by atoms with Crippen molar-refractivity contribution >= 4 is 17.6 Å². The van der Waals surface area contributed by atoms with Crippen molar-refractivity contribution < 1.29 is 4.39 Å². The van der Waals surface area contributed by atoms with Crippen LogP contribution < -0.4 is 5.73 Å². The predicted molar refractivity (Wildman–Crippen MR) is 74.6 cm³/mol. The van der Waals surface area contributed by atoms with Crippen molar-refractivity contribution in [2.24, 2.45) is 5.73 Å². The summed E-state index contributed by atoms with van der Waals surface area (Å²) in [7, 11) is 0. The first-order valence-corrected chi connectivity index (χ1v) is 7.17. The number of hydrogen-bond acceptors (Lipinski definition) is 3. The Balaban J connectivity index is 2.15. The molecule has 1 aromatic rings. The largest absolute Gasteiger partial charge is 0.384 e. The fourth-order valence-corrected chi connectivity index (χ4v) is 3.21. The van der Waals surface area contributed by atoms with Crippen molar-refractivity contribution in [3.8, 4) is 0 Å². The molecular formula is C13H18FN3S. The fraction of sp³-hybridized carbons (Fsp3) is 0.462. The summed E-state index contributed by atoms with van der Waals surface area (Å²) < 4.78 is 13.5. The van der Waals surface area contributed by atoms with E-state index in [4.69, 9.17) is 11.1 Å². The van der Waals surface area contributed by atoms with Crippen LogP contribution in [0, 0.1) is 11.2 Å². The van der Waals surface area contributed by atoms with Gasteiger partial charge >= 0.3 is 0 Å². The average molecular weight is 267 g/mol. The van der Waals surface area contributed by atoms with Crippen molar-refractivity contribution in [3.05, 3.63) is 35.1 Å². The van der Waals surface area contributed by atoms with Gasteiger partial charge < -0.3 is 5.73 Å². The highest BCUT2D eigenvalue weighted by Crippen LogP contribution is 2.19. The van der Waals surface area contributed by atoms with E-state index in [2.05, 4.69) is 11.8 Å². The molecule has 0 aliphatic carbocycles. The van der Waals surface area contributed by atoms with Crippen molar-refractivity contribution in [1.82, 2.24) is 4.90 Å². The van der Waals surface area contributed by atoms with Crippen LogP contribution in [0.25, 0.3) is 0 Å². The molecule has 1 aliphatic rings. The molecule has 0 radical (unpaired) electrons. The van der Waals surface area contributed by atoms with Gasteiger partial charge in [0.25, 0.3) is 0 Å². The number of nitrogens with two attached hydrogens (primary N) is 1. The molecular weight excluding hydrogens is 249 g/mol. The molecule has 0 amide bonds. The maximum absolute atomic E-state index is 13.5. The van der Waals surface area contributed by atoms with Crippen LogP contribution in [0.2, 0.25) is 0 Å². The zero-order chi connectivity index (χ0) is 13.1. The molecule has 1 fully saturated rings. The number of benzene rings is 1. The van der Waals surface area contributed by atoms with Gasteiger partial charge in [-0.2, -0.15) is 11.8 Å².